The summed E-state index contributed by atoms with van der Waals surface area (Å²) < 4.78 is 37.1. The number of ether oxygens (including phenoxy) is 6. The summed E-state index contributed by atoms with van der Waals surface area (Å²) >= 11 is 0. The Kier molecular flexibility index (Phi) is 15.1. The maximum absolute atomic E-state index is 14.1. The molecule has 0 saturated carbocycles. The highest BCUT2D eigenvalue weighted by molar-refractivity contribution is 5.78. The Hall–Kier alpha value is -1.50. The van der Waals surface area contributed by atoms with E-state index in [1.807, 2.05) is 25.9 Å². The number of carbonyl (C=O) groups excluding carboxylic acids is 2. The zero-order chi connectivity index (χ0) is 39.7. The number of cyclic esters (lactones) is 1. The van der Waals surface area contributed by atoms with E-state index in [1.54, 1.807) is 41.5 Å². The predicted octanol–water partition coefficient (Wildman–Crippen LogP) is 1.09. The molecule has 3 rings (SSSR count). The van der Waals surface area contributed by atoms with Gasteiger partial charge in [-0.3, -0.25) is 9.59 Å². The molecule has 15 nitrogen and oxygen atoms in total. The fraction of sp³-hybridized carbons (Fsp3) is 0.946. The Bertz CT molecular complexity index is 1190. The summed E-state index contributed by atoms with van der Waals surface area (Å²) in [6.45, 7) is 16.3. The molecular weight excluding hydrogens is 680 g/mol. The molecule has 0 aromatic carbocycles. The van der Waals surface area contributed by atoms with Gasteiger partial charge in [0.15, 0.2) is 12.6 Å². The lowest BCUT2D eigenvalue weighted by Crippen LogP contribution is -2.60. The molecule has 6 N–H and O–H groups in total. The highest BCUT2D eigenvalue weighted by atomic mass is 16.7. The van der Waals surface area contributed by atoms with Crippen molar-refractivity contribution in [1.29, 1.82) is 0 Å². The van der Waals surface area contributed by atoms with Gasteiger partial charge < -0.3 is 64.2 Å². The average molecular weight is 749 g/mol. The molecule has 0 aromatic rings. The van der Waals surface area contributed by atoms with Gasteiger partial charge in [0.05, 0.1) is 47.6 Å². The molecular formula is C37H68N2O13. The van der Waals surface area contributed by atoms with Crippen LogP contribution in [0, 0.1) is 17.8 Å². The van der Waals surface area contributed by atoms with Crippen LogP contribution in [0.3, 0.4) is 0 Å². The first-order valence-corrected chi connectivity index (χ1v) is 18.7. The summed E-state index contributed by atoms with van der Waals surface area (Å²) in [4.78, 5) is 29.5. The summed E-state index contributed by atoms with van der Waals surface area (Å²) in [5, 5.41) is 60.3. The average Bonchev–Trinajstić information content (AvgIpc) is 3.06. The number of esters is 1. The normalized spacial score (nSPS) is 49.1. The molecule has 3 fully saturated rings. The molecule has 3 heterocycles. The number of nitrogens with zero attached hydrogens (tertiary/aromatic N) is 1. The zero-order valence-electron chi connectivity index (χ0n) is 33.4. The molecule has 0 radical (unpaired) electrons. The van der Waals surface area contributed by atoms with Crippen molar-refractivity contribution in [3.63, 3.8) is 0 Å². The van der Waals surface area contributed by atoms with E-state index in [0.29, 0.717) is 6.42 Å². The van der Waals surface area contributed by atoms with E-state index in [4.69, 9.17) is 28.4 Å². The number of aliphatic hydroxyl groups excluding tert-OH is 3. The van der Waals surface area contributed by atoms with E-state index in [2.05, 4.69) is 5.32 Å². The van der Waals surface area contributed by atoms with Gasteiger partial charge in [-0.15, -0.1) is 0 Å². The van der Waals surface area contributed by atoms with Crippen LogP contribution in [0.5, 0.6) is 0 Å². The maximum atomic E-state index is 14.1. The number of aliphatic hydroxyl groups is 5. The molecule has 3 saturated heterocycles. The van der Waals surface area contributed by atoms with E-state index in [9.17, 15) is 35.1 Å². The van der Waals surface area contributed by atoms with Crippen LogP contribution in [0.2, 0.25) is 0 Å². The van der Waals surface area contributed by atoms with E-state index >= 15 is 0 Å². The van der Waals surface area contributed by atoms with Gasteiger partial charge in [0.1, 0.15) is 30.0 Å². The second-order valence-electron chi connectivity index (χ2n) is 16.6. The number of amides is 1. The minimum absolute atomic E-state index is 0.0853. The van der Waals surface area contributed by atoms with Crippen LogP contribution < -0.4 is 5.32 Å². The summed E-state index contributed by atoms with van der Waals surface area (Å²) in [5.74, 6) is -4.03. The Balaban J connectivity index is 2.18. The first-order chi connectivity index (χ1) is 23.9. The largest absolute Gasteiger partial charge is 0.459 e. The van der Waals surface area contributed by atoms with Crippen LogP contribution >= 0.6 is 0 Å². The molecule has 15 heteroatoms. The lowest BCUT2D eigenvalue weighted by atomic mass is 9.77. The predicted molar refractivity (Wildman–Crippen MR) is 190 cm³/mol. The molecule has 1 amide bonds. The topological polar surface area (TPSA) is 206 Å². The van der Waals surface area contributed by atoms with E-state index in [-0.39, 0.29) is 31.4 Å². The van der Waals surface area contributed by atoms with Gasteiger partial charge in [-0.05, 0) is 81.8 Å². The summed E-state index contributed by atoms with van der Waals surface area (Å²) in [6, 6.07) is -1.29. The molecule has 0 bridgehead atoms. The molecule has 3 aliphatic heterocycles. The van der Waals surface area contributed by atoms with Gasteiger partial charge in [-0.25, -0.2) is 0 Å². The standard InChI is InChI=1S/C37H68N2O13/c1-14-25-37(10,46)29(41)22(6)38-32(43)18(2)16-35(8,45)31(52-34-27(40)24(39(11)12)15-19(3)48-34)20(4)28(21(5)33(44)50-25)51-26-17-36(9,47-13)30(42)23(7)49-26/h18-31,34,40-42,45-46H,14-17H2,1-13H3,(H,38,43)/t18-,19?,20+,21-,22-,23?,24?,25?,26?,27?,28+,29-,30?,31-,34?,35-,36?,37-/m1/s1. The van der Waals surface area contributed by atoms with Gasteiger partial charge in [0.25, 0.3) is 0 Å². The van der Waals surface area contributed by atoms with Crippen molar-refractivity contribution in [2.24, 2.45) is 17.8 Å². The van der Waals surface area contributed by atoms with Crippen molar-refractivity contribution in [2.45, 2.75) is 185 Å². The molecule has 304 valence electrons. The highest BCUT2D eigenvalue weighted by Gasteiger charge is 2.52. The van der Waals surface area contributed by atoms with E-state index in [0.717, 1.165) is 0 Å². The number of likely N-dealkylation sites (N-methyl/N-ethyl adjacent to an activating group) is 1. The lowest BCUT2D eigenvalue weighted by molar-refractivity contribution is -0.317. The first kappa shape index (κ1) is 44.9. The van der Waals surface area contributed by atoms with Crippen molar-refractivity contribution in [2.75, 3.05) is 21.2 Å². The third kappa shape index (κ3) is 9.83. The van der Waals surface area contributed by atoms with Crippen molar-refractivity contribution >= 4 is 11.9 Å². The number of hydrogen-bond donors (Lipinski definition) is 6. The fourth-order valence-corrected chi connectivity index (χ4v) is 8.24. The minimum Gasteiger partial charge on any atom is -0.459 e. The number of carbonyl (C=O) groups is 2. The Morgan fingerprint density at radius 1 is 0.923 bits per heavy atom. The molecule has 0 aromatic heterocycles. The summed E-state index contributed by atoms with van der Waals surface area (Å²) in [6.07, 6.45) is -9.73. The number of nitrogens with one attached hydrogen (secondary N) is 1. The van der Waals surface area contributed by atoms with Crippen molar-refractivity contribution in [3.8, 4) is 0 Å². The van der Waals surface area contributed by atoms with Crippen LogP contribution in [-0.4, -0.2) is 154 Å². The first-order valence-electron chi connectivity index (χ1n) is 18.7. The van der Waals surface area contributed by atoms with Crippen molar-refractivity contribution in [1.82, 2.24) is 10.2 Å². The van der Waals surface area contributed by atoms with Crippen molar-refractivity contribution in [3.05, 3.63) is 0 Å². The molecule has 3 aliphatic rings. The Morgan fingerprint density at radius 3 is 2.10 bits per heavy atom. The Morgan fingerprint density at radius 2 is 1.54 bits per heavy atom. The van der Waals surface area contributed by atoms with Crippen LogP contribution in [0.25, 0.3) is 0 Å². The SMILES string of the molecule is CCC1OC(=O)[C@H](C)[C@@H](OC2CC(C)(OC)C(O)C(C)O2)[C@H](C)[C@@H](OC2OC(C)CC(N(C)C)C2O)[C@](C)(O)C[C@@H](C)C(=O)N[C@H](C)[C@@H](O)[C@]1(C)O. The molecule has 9 unspecified atom stereocenters. The third-order valence-corrected chi connectivity index (χ3v) is 11.7. The van der Waals surface area contributed by atoms with E-state index in [1.165, 1.54) is 27.9 Å². The van der Waals surface area contributed by atoms with Crippen molar-refractivity contribution < 1.29 is 63.5 Å². The highest BCUT2D eigenvalue weighted by Crippen LogP contribution is 2.40. The Labute approximate surface area is 309 Å². The maximum Gasteiger partial charge on any atom is 0.311 e. The van der Waals surface area contributed by atoms with Crippen LogP contribution in [-0.2, 0) is 38.0 Å². The fourth-order valence-electron chi connectivity index (χ4n) is 8.24. The van der Waals surface area contributed by atoms with Gasteiger partial charge in [0, 0.05) is 31.4 Å². The molecule has 18 atom stereocenters. The summed E-state index contributed by atoms with van der Waals surface area (Å²) in [7, 11) is 5.17. The lowest BCUT2D eigenvalue weighted by Gasteiger charge is -2.48. The second kappa shape index (κ2) is 17.5. The van der Waals surface area contributed by atoms with Crippen LogP contribution in [0.15, 0.2) is 0 Å². The smallest absolute Gasteiger partial charge is 0.311 e. The van der Waals surface area contributed by atoms with Gasteiger partial charge in [0.2, 0.25) is 5.91 Å². The van der Waals surface area contributed by atoms with Gasteiger partial charge in [-0.1, -0.05) is 20.8 Å². The zero-order valence-corrected chi connectivity index (χ0v) is 33.4. The second-order valence-corrected chi connectivity index (χ2v) is 16.6. The molecule has 52 heavy (non-hydrogen) atoms. The summed E-state index contributed by atoms with van der Waals surface area (Å²) in [5.41, 5.74) is -4.82. The quantitative estimate of drug-likeness (QED) is 0.202. The van der Waals surface area contributed by atoms with Crippen LogP contribution in [0.4, 0.5) is 0 Å². The monoisotopic (exact) mass is 748 g/mol. The number of rotatable bonds is 7. The van der Waals surface area contributed by atoms with Gasteiger partial charge in [-0.2, -0.15) is 0 Å². The molecule has 0 aliphatic carbocycles. The third-order valence-electron chi connectivity index (χ3n) is 11.7. The minimum atomic E-state index is -1.97. The van der Waals surface area contributed by atoms with Gasteiger partial charge >= 0.3 is 5.97 Å². The molecule has 0 spiro atoms. The number of methoxy groups -OCH3 is 1. The van der Waals surface area contributed by atoms with Crippen LogP contribution in [0.1, 0.15) is 94.9 Å². The van der Waals surface area contributed by atoms with E-state index < -0.39 is 108 Å². The number of hydrogen-bond acceptors (Lipinski definition) is 14.